The Hall–Kier alpha value is -1.51. The Kier molecular flexibility index (Phi) is 6.45. The number of likely N-dealkylation sites (N-methyl/N-ethyl adjacent to an activating group) is 1. The van der Waals surface area contributed by atoms with Crippen LogP contribution in [0.4, 0.5) is 18.0 Å². The number of alkyl halides is 3. The van der Waals surface area contributed by atoms with E-state index in [-0.39, 0.29) is 6.54 Å². The number of carboxylic acid groups (broad SMARTS) is 1. The quantitative estimate of drug-likeness (QED) is 0.768. The highest BCUT2D eigenvalue weighted by molar-refractivity contribution is 5.76. The van der Waals surface area contributed by atoms with Crippen molar-refractivity contribution in [3.8, 4) is 0 Å². The molecule has 9 heteroatoms. The van der Waals surface area contributed by atoms with Crippen molar-refractivity contribution in [2.24, 2.45) is 0 Å². The standard InChI is InChI=1S/C9H15F3N2O4/c1-13(2)3-4-14(5-7(15)16)8(17)18-6-9(10,11)12/h3-6H2,1-2H3,(H,15,16). The number of nitrogens with zero attached hydrogens (tertiary/aromatic N) is 2. The van der Waals surface area contributed by atoms with Crippen molar-refractivity contribution in [1.82, 2.24) is 9.80 Å². The van der Waals surface area contributed by atoms with Crippen LogP contribution in [-0.4, -0.2) is 73.5 Å². The minimum atomic E-state index is -4.63. The van der Waals surface area contributed by atoms with E-state index in [0.29, 0.717) is 11.4 Å². The van der Waals surface area contributed by atoms with E-state index in [9.17, 15) is 22.8 Å². The van der Waals surface area contributed by atoms with Crippen LogP contribution in [-0.2, 0) is 9.53 Å². The molecule has 0 saturated carbocycles. The van der Waals surface area contributed by atoms with Gasteiger partial charge in [-0.15, -0.1) is 0 Å². The van der Waals surface area contributed by atoms with Crippen molar-refractivity contribution in [2.75, 3.05) is 40.3 Å². The average Bonchev–Trinajstić information content (AvgIpc) is 2.19. The maximum absolute atomic E-state index is 11.8. The number of ether oxygens (including phenoxy) is 1. The second-order valence-electron chi connectivity index (χ2n) is 3.79. The fourth-order valence-corrected chi connectivity index (χ4v) is 0.954. The smallest absolute Gasteiger partial charge is 0.422 e. The predicted octanol–water partition coefficient (Wildman–Crippen LogP) is 0.634. The number of carbonyl (C=O) groups is 2. The molecule has 0 fully saturated rings. The van der Waals surface area contributed by atoms with E-state index in [2.05, 4.69) is 4.74 Å². The van der Waals surface area contributed by atoms with Gasteiger partial charge in [0.25, 0.3) is 0 Å². The molecule has 0 aliphatic carbocycles. The molecule has 1 N–H and O–H groups in total. The first-order valence-electron chi connectivity index (χ1n) is 4.97. The Labute approximate surface area is 102 Å². The lowest BCUT2D eigenvalue weighted by molar-refractivity contribution is -0.162. The van der Waals surface area contributed by atoms with Gasteiger partial charge >= 0.3 is 18.2 Å². The molecule has 106 valence electrons. The number of rotatable bonds is 6. The summed E-state index contributed by atoms with van der Waals surface area (Å²) in [6.45, 7) is -2.15. The highest BCUT2D eigenvalue weighted by Crippen LogP contribution is 2.15. The van der Waals surface area contributed by atoms with Gasteiger partial charge in [0, 0.05) is 13.1 Å². The Bertz CT molecular complexity index is 294. The van der Waals surface area contributed by atoms with Gasteiger partial charge in [0.2, 0.25) is 0 Å². The van der Waals surface area contributed by atoms with Gasteiger partial charge in [-0.05, 0) is 14.1 Å². The molecule has 0 unspecified atom stereocenters. The molecule has 1 amide bonds. The molecule has 0 aromatic heterocycles. The number of halogens is 3. The van der Waals surface area contributed by atoms with E-state index in [4.69, 9.17) is 5.11 Å². The predicted molar refractivity (Wildman–Crippen MR) is 55.2 cm³/mol. The lowest BCUT2D eigenvalue weighted by atomic mass is 10.4. The van der Waals surface area contributed by atoms with Gasteiger partial charge in [0.05, 0.1) is 0 Å². The minimum absolute atomic E-state index is 0.0318. The number of aliphatic carboxylic acids is 1. The van der Waals surface area contributed by atoms with Crippen molar-refractivity contribution in [3.63, 3.8) is 0 Å². The molecule has 0 saturated heterocycles. The minimum Gasteiger partial charge on any atom is -0.480 e. The molecule has 6 nitrogen and oxygen atoms in total. The third kappa shape index (κ3) is 8.62. The number of carboxylic acids is 1. The fraction of sp³-hybridized carbons (Fsp3) is 0.778. The van der Waals surface area contributed by atoms with E-state index < -0.39 is 31.4 Å². The number of amides is 1. The molecule has 0 heterocycles. The van der Waals surface area contributed by atoms with E-state index in [1.807, 2.05) is 0 Å². The lowest BCUT2D eigenvalue weighted by Gasteiger charge is -2.22. The first kappa shape index (κ1) is 16.5. The van der Waals surface area contributed by atoms with Gasteiger partial charge in [0.15, 0.2) is 6.61 Å². The van der Waals surface area contributed by atoms with Gasteiger partial charge in [-0.2, -0.15) is 13.2 Å². The highest BCUT2D eigenvalue weighted by atomic mass is 19.4. The summed E-state index contributed by atoms with van der Waals surface area (Å²) >= 11 is 0. The summed E-state index contributed by atoms with van der Waals surface area (Å²) in [6.07, 6.45) is -5.93. The van der Waals surface area contributed by atoms with Gasteiger partial charge < -0.3 is 14.7 Å². The summed E-state index contributed by atoms with van der Waals surface area (Å²) < 4.78 is 39.5. The van der Waals surface area contributed by atoms with Crippen LogP contribution < -0.4 is 0 Å². The fourth-order valence-electron chi connectivity index (χ4n) is 0.954. The summed E-state index contributed by atoms with van der Waals surface area (Å²) in [4.78, 5) is 24.1. The second kappa shape index (κ2) is 7.04. The first-order valence-corrected chi connectivity index (χ1v) is 4.97. The van der Waals surface area contributed by atoms with Crippen LogP contribution in [0.3, 0.4) is 0 Å². The SMILES string of the molecule is CN(C)CCN(CC(=O)O)C(=O)OCC(F)(F)F. The first-order chi connectivity index (χ1) is 8.11. The molecule has 0 aromatic carbocycles. The Morgan fingerprint density at radius 3 is 2.17 bits per heavy atom. The zero-order valence-corrected chi connectivity index (χ0v) is 10.0. The lowest BCUT2D eigenvalue weighted by Crippen LogP contribution is -2.41. The molecule has 0 aliphatic rings. The zero-order chi connectivity index (χ0) is 14.3. The molecular formula is C9H15F3N2O4. The van der Waals surface area contributed by atoms with Gasteiger partial charge in [-0.3, -0.25) is 9.69 Å². The van der Waals surface area contributed by atoms with Gasteiger partial charge in [0.1, 0.15) is 6.54 Å². The van der Waals surface area contributed by atoms with Crippen molar-refractivity contribution >= 4 is 12.1 Å². The second-order valence-corrected chi connectivity index (χ2v) is 3.79. The molecule has 0 radical (unpaired) electrons. The summed E-state index contributed by atoms with van der Waals surface area (Å²) in [7, 11) is 3.36. The van der Waals surface area contributed by atoms with E-state index in [1.54, 1.807) is 19.0 Å². The van der Waals surface area contributed by atoms with Crippen molar-refractivity contribution in [1.29, 1.82) is 0 Å². The van der Waals surface area contributed by atoms with Gasteiger partial charge in [-0.25, -0.2) is 4.79 Å². The molecule has 0 rings (SSSR count). The van der Waals surface area contributed by atoms with Crippen LogP contribution in [0, 0.1) is 0 Å². The van der Waals surface area contributed by atoms with Crippen LogP contribution in [0.15, 0.2) is 0 Å². The zero-order valence-electron chi connectivity index (χ0n) is 10.0. The molecule has 0 bridgehead atoms. The Morgan fingerprint density at radius 2 is 1.78 bits per heavy atom. The monoisotopic (exact) mass is 272 g/mol. The molecule has 18 heavy (non-hydrogen) atoms. The summed E-state index contributed by atoms with van der Waals surface area (Å²) in [5.41, 5.74) is 0. The van der Waals surface area contributed by atoms with E-state index in [0.717, 1.165) is 0 Å². The van der Waals surface area contributed by atoms with Crippen molar-refractivity contribution < 1.29 is 32.6 Å². The summed E-state index contributed by atoms with van der Waals surface area (Å²) in [6, 6.07) is 0. The maximum Gasteiger partial charge on any atom is 0.422 e. The van der Waals surface area contributed by atoms with Crippen molar-refractivity contribution in [3.05, 3.63) is 0 Å². The average molecular weight is 272 g/mol. The molecular weight excluding hydrogens is 257 g/mol. The largest absolute Gasteiger partial charge is 0.480 e. The molecule has 0 aliphatic heterocycles. The topological polar surface area (TPSA) is 70.1 Å². The maximum atomic E-state index is 11.8. The number of carbonyl (C=O) groups excluding carboxylic acids is 1. The van der Waals surface area contributed by atoms with Crippen LogP contribution >= 0.6 is 0 Å². The van der Waals surface area contributed by atoms with Crippen LogP contribution in [0.1, 0.15) is 0 Å². The third-order valence-corrected chi connectivity index (χ3v) is 1.76. The van der Waals surface area contributed by atoms with Crippen LogP contribution in [0.2, 0.25) is 0 Å². The van der Waals surface area contributed by atoms with Crippen LogP contribution in [0.25, 0.3) is 0 Å². The Balaban J connectivity index is 4.35. The summed E-state index contributed by atoms with van der Waals surface area (Å²) in [5.74, 6) is -1.32. The Morgan fingerprint density at radius 1 is 1.22 bits per heavy atom. The van der Waals surface area contributed by atoms with E-state index >= 15 is 0 Å². The normalized spacial score (nSPS) is 11.4. The number of hydrogen-bond donors (Lipinski definition) is 1. The molecule has 0 aromatic rings. The highest BCUT2D eigenvalue weighted by Gasteiger charge is 2.31. The molecule has 0 atom stereocenters. The van der Waals surface area contributed by atoms with Crippen LogP contribution in [0.5, 0.6) is 0 Å². The van der Waals surface area contributed by atoms with E-state index in [1.165, 1.54) is 0 Å². The van der Waals surface area contributed by atoms with Gasteiger partial charge in [-0.1, -0.05) is 0 Å². The number of hydrogen-bond acceptors (Lipinski definition) is 4. The third-order valence-electron chi connectivity index (χ3n) is 1.76. The molecule has 0 spiro atoms. The van der Waals surface area contributed by atoms with Crippen molar-refractivity contribution in [2.45, 2.75) is 6.18 Å². The summed E-state index contributed by atoms with van der Waals surface area (Å²) in [5, 5.41) is 8.54.